The fourth-order valence-corrected chi connectivity index (χ4v) is 3.87. The van der Waals surface area contributed by atoms with E-state index in [0.717, 1.165) is 12.8 Å². The average molecular weight is 461 g/mol. The Hall–Kier alpha value is -5.02. The molecule has 1 aliphatic rings. The summed E-state index contributed by atoms with van der Waals surface area (Å²) >= 11 is 0. The molecule has 0 aliphatic heterocycles. The molecule has 0 unspecified atom stereocenters. The number of nitriles is 2. The van der Waals surface area contributed by atoms with Crippen LogP contribution in [0, 0.1) is 29.6 Å². The molecule has 1 amide bonds. The highest BCUT2D eigenvalue weighted by molar-refractivity contribution is 5.93. The molecule has 35 heavy (non-hydrogen) atoms. The van der Waals surface area contributed by atoms with E-state index in [1.54, 1.807) is 72.4 Å². The summed E-state index contributed by atoms with van der Waals surface area (Å²) in [6.07, 6.45) is 3.34. The van der Waals surface area contributed by atoms with Crippen LogP contribution in [0.3, 0.4) is 0 Å². The van der Waals surface area contributed by atoms with E-state index in [1.165, 1.54) is 4.57 Å². The van der Waals surface area contributed by atoms with Crippen molar-refractivity contribution >= 4 is 5.91 Å². The van der Waals surface area contributed by atoms with Gasteiger partial charge < -0.3 is 5.32 Å². The molecule has 4 aromatic rings. The molecule has 0 radical (unpaired) electrons. The second-order valence-electron chi connectivity index (χ2n) is 8.23. The molecule has 5 rings (SSSR count). The minimum absolute atomic E-state index is 0.0491. The van der Waals surface area contributed by atoms with Crippen LogP contribution in [0.2, 0.25) is 0 Å². The SMILES string of the molecule is Cc1c(-c2ccnn2-c2ccc(C#N)cc2)nc(C(=O)NC2CC2)c(=O)n1-c1cccc(C#N)c1. The van der Waals surface area contributed by atoms with Crippen LogP contribution in [0.15, 0.2) is 65.6 Å². The molecule has 9 heteroatoms. The standard InChI is InChI=1S/C26H19N7O2/c1-16-23(22-11-12-29-33(22)20-9-5-17(14-27)6-10-20)31-24(25(34)30-19-7-8-19)26(35)32(16)21-4-2-3-18(13-21)15-28/h2-6,9-13,19H,7-8H2,1H3,(H,30,34). The summed E-state index contributed by atoms with van der Waals surface area (Å²) < 4.78 is 3.04. The number of hydrogen-bond acceptors (Lipinski definition) is 6. The summed E-state index contributed by atoms with van der Waals surface area (Å²) in [5, 5.41) is 25.7. The Morgan fingerprint density at radius 1 is 1.03 bits per heavy atom. The van der Waals surface area contributed by atoms with Gasteiger partial charge in [-0.05, 0) is 68.3 Å². The molecule has 0 atom stereocenters. The lowest BCUT2D eigenvalue weighted by atomic mass is 10.1. The van der Waals surface area contributed by atoms with Crippen molar-refractivity contribution in [2.24, 2.45) is 0 Å². The zero-order valence-corrected chi connectivity index (χ0v) is 18.8. The van der Waals surface area contributed by atoms with Gasteiger partial charge in [-0.2, -0.15) is 15.6 Å². The summed E-state index contributed by atoms with van der Waals surface area (Å²) in [5.41, 5.74) is 2.71. The van der Waals surface area contributed by atoms with Crippen molar-refractivity contribution in [1.82, 2.24) is 24.6 Å². The van der Waals surface area contributed by atoms with Gasteiger partial charge >= 0.3 is 0 Å². The predicted molar refractivity (Wildman–Crippen MR) is 127 cm³/mol. The van der Waals surface area contributed by atoms with E-state index in [2.05, 4.69) is 27.5 Å². The maximum absolute atomic E-state index is 13.5. The van der Waals surface area contributed by atoms with Crippen molar-refractivity contribution in [3.8, 4) is 34.9 Å². The van der Waals surface area contributed by atoms with Gasteiger partial charge in [-0.15, -0.1) is 0 Å². The molecular formula is C26H19N7O2. The van der Waals surface area contributed by atoms with Gasteiger partial charge in [0.25, 0.3) is 11.5 Å². The number of hydrogen-bond donors (Lipinski definition) is 1. The van der Waals surface area contributed by atoms with Gasteiger partial charge in [0.2, 0.25) is 0 Å². The fourth-order valence-electron chi connectivity index (χ4n) is 3.87. The molecule has 1 fully saturated rings. The van der Waals surface area contributed by atoms with Crippen molar-refractivity contribution in [1.29, 1.82) is 10.5 Å². The van der Waals surface area contributed by atoms with E-state index in [-0.39, 0.29) is 11.7 Å². The van der Waals surface area contributed by atoms with Gasteiger partial charge in [0.15, 0.2) is 5.69 Å². The Balaban J connectivity index is 1.73. The highest BCUT2D eigenvalue weighted by atomic mass is 16.2. The van der Waals surface area contributed by atoms with Crippen molar-refractivity contribution < 1.29 is 4.79 Å². The molecule has 2 heterocycles. The van der Waals surface area contributed by atoms with Crippen LogP contribution in [0.1, 0.15) is 40.2 Å². The first-order valence-electron chi connectivity index (χ1n) is 11.0. The highest BCUT2D eigenvalue weighted by Crippen LogP contribution is 2.26. The van der Waals surface area contributed by atoms with Crippen LogP contribution < -0.4 is 10.9 Å². The number of carbonyl (C=O) groups excluding carboxylic acids is 1. The van der Waals surface area contributed by atoms with Crippen LogP contribution >= 0.6 is 0 Å². The summed E-state index contributed by atoms with van der Waals surface area (Å²) in [5.74, 6) is -0.534. The molecule has 2 aromatic carbocycles. The van der Waals surface area contributed by atoms with Crippen molar-refractivity contribution in [3.63, 3.8) is 0 Å². The lowest BCUT2D eigenvalue weighted by Gasteiger charge is -2.17. The fraction of sp³-hybridized carbons (Fsp3) is 0.154. The third kappa shape index (κ3) is 4.07. The van der Waals surface area contributed by atoms with E-state index in [1.807, 2.05) is 0 Å². The van der Waals surface area contributed by atoms with Crippen LogP contribution in [0.25, 0.3) is 22.8 Å². The van der Waals surface area contributed by atoms with Crippen molar-refractivity contribution in [2.45, 2.75) is 25.8 Å². The third-order valence-electron chi connectivity index (χ3n) is 5.79. The molecule has 9 nitrogen and oxygen atoms in total. The monoisotopic (exact) mass is 461 g/mol. The topological polar surface area (TPSA) is 129 Å². The number of rotatable bonds is 5. The molecule has 0 saturated heterocycles. The normalized spacial score (nSPS) is 12.5. The summed E-state index contributed by atoms with van der Waals surface area (Å²) in [6.45, 7) is 1.74. The summed E-state index contributed by atoms with van der Waals surface area (Å²) in [4.78, 5) is 31.0. The van der Waals surface area contributed by atoms with Crippen LogP contribution in [0.5, 0.6) is 0 Å². The summed E-state index contributed by atoms with van der Waals surface area (Å²) in [6, 6.07) is 19.5. The Morgan fingerprint density at radius 2 is 1.77 bits per heavy atom. The zero-order chi connectivity index (χ0) is 24.5. The number of amides is 1. The smallest absolute Gasteiger partial charge is 0.286 e. The highest BCUT2D eigenvalue weighted by Gasteiger charge is 2.28. The molecule has 1 N–H and O–H groups in total. The van der Waals surface area contributed by atoms with Gasteiger partial charge in [0, 0.05) is 6.04 Å². The van der Waals surface area contributed by atoms with Gasteiger partial charge in [-0.25, -0.2) is 9.67 Å². The lowest BCUT2D eigenvalue weighted by molar-refractivity contribution is 0.0944. The Labute approximate surface area is 200 Å². The van der Waals surface area contributed by atoms with Crippen LogP contribution in [-0.2, 0) is 0 Å². The summed E-state index contributed by atoms with van der Waals surface area (Å²) in [7, 11) is 0. The Morgan fingerprint density at radius 3 is 2.46 bits per heavy atom. The second kappa shape index (κ2) is 8.73. The quantitative estimate of drug-likeness (QED) is 0.486. The molecular weight excluding hydrogens is 442 g/mol. The average Bonchev–Trinajstić information content (AvgIpc) is 3.56. The molecule has 0 spiro atoms. The number of carbonyl (C=O) groups is 1. The van der Waals surface area contributed by atoms with Crippen molar-refractivity contribution in [3.05, 3.63) is 93.7 Å². The van der Waals surface area contributed by atoms with E-state index in [9.17, 15) is 14.9 Å². The molecule has 0 bridgehead atoms. The minimum Gasteiger partial charge on any atom is -0.348 e. The molecule has 170 valence electrons. The minimum atomic E-state index is -0.566. The van der Waals surface area contributed by atoms with Crippen molar-refractivity contribution in [2.75, 3.05) is 0 Å². The molecule has 1 saturated carbocycles. The predicted octanol–water partition coefficient (Wildman–Crippen LogP) is 3.03. The first-order chi connectivity index (χ1) is 17.0. The lowest BCUT2D eigenvalue weighted by Crippen LogP contribution is -2.36. The zero-order valence-electron chi connectivity index (χ0n) is 18.8. The van der Waals surface area contributed by atoms with E-state index < -0.39 is 11.5 Å². The van der Waals surface area contributed by atoms with Crippen LogP contribution in [-0.4, -0.2) is 31.3 Å². The number of aromatic nitrogens is 4. The van der Waals surface area contributed by atoms with E-state index in [4.69, 9.17) is 5.26 Å². The second-order valence-corrected chi connectivity index (χ2v) is 8.23. The van der Waals surface area contributed by atoms with E-state index >= 15 is 0 Å². The van der Waals surface area contributed by atoms with Crippen LogP contribution in [0.4, 0.5) is 0 Å². The maximum atomic E-state index is 13.5. The Kier molecular flexibility index (Phi) is 5.44. The number of nitrogens with one attached hydrogen (secondary N) is 1. The Bertz CT molecular complexity index is 1600. The van der Waals surface area contributed by atoms with Gasteiger partial charge in [-0.3, -0.25) is 14.2 Å². The molecule has 2 aromatic heterocycles. The number of nitrogens with zero attached hydrogens (tertiary/aromatic N) is 6. The third-order valence-corrected chi connectivity index (χ3v) is 5.79. The largest absolute Gasteiger partial charge is 0.348 e. The number of benzene rings is 2. The van der Waals surface area contributed by atoms with Gasteiger partial charge in [-0.1, -0.05) is 6.07 Å². The van der Waals surface area contributed by atoms with Gasteiger partial charge in [0.05, 0.1) is 52.2 Å². The first kappa shape index (κ1) is 21.8. The van der Waals surface area contributed by atoms with Gasteiger partial charge in [0.1, 0.15) is 5.69 Å². The van der Waals surface area contributed by atoms with E-state index in [0.29, 0.717) is 39.6 Å². The molecule has 1 aliphatic carbocycles. The maximum Gasteiger partial charge on any atom is 0.286 e. The first-order valence-corrected chi connectivity index (χ1v) is 11.0.